The van der Waals surface area contributed by atoms with Crippen molar-refractivity contribution in [3.63, 3.8) is 0 Å². The predicted molar refractivity (Wildman–Crippen MR) is 79.0 cm³/mol. The summed E-state index contributed by atoms with van der Waals surface area (Å²) in [6.07, 6.45) is 1.42. The van der Waals surface area contributed by atoms with Crippen molar-refractivity contribution in [3.05, 3.63) is 35.9 Å². The van der Waals surface area contributed by atoms with Gasteiger partial charge in [-0.15, -0.1) is 0 Å². The van der Waals surface area contributed by atoms with Crippen LogP contribution in [0, 0.1) is 11.3 Å². The summed E-state index contributed by atoms with van der Waals surface area (Å²) in [6, 6.07) is 9.94. The first-order valence-electron chi connectivity index (χ1n) is 7.24. The lowest BCUT2D eigenvalue weighted by molar-refractivity contribution is -0.148. The maximum Gasteiger partial charge on any atom is 0.235 e. The molecule has 3 nitrogen and oxygen atoms in total. The van der Waals surface area contributed by atoms with E-state index in [1.165, 1.54) is 4.90 Å². The second kappa shape index (κ2) is 5.39. The zero-order valence-electron chi connectivity index (χ0n) is 12.7. The molecule has 1 aromatic carbocycles. The number of rotatable bonds is 3. The molecule has 1 aliphatic heterocycles. The molecule has 0 unspecified atom stereocenters. The molecule has 0 spiro atoms. The van der Waals surface area contributed by atoms with Crippen LogP contribution in [0.1, 0.15) is 39.7 Å². The lowest BCUT2D eigenvalue weighted by Crippen LogP contribution is -2.42. The Bertz CT molecular complexity index is 507. The van der Waals surface area contributed by atoms with Gasteiger partial charge >= 0.3 is 0 Å². The van der Waals surface area contributed by atoms with Gasteiger partial charge in [0.2, 0.25) is 11.8 Å². The second-order valence-electron chi connectivity index (χ2n) is 6.54. The molecular weight excluding hydrogens is 250 g/mol. The Hall–Kier alpha value is -1.64. The molecule has 108 valence electrons. The summed E-state index contributed by atoms with van der Waals surface area (Å²) in [6.45, 7) is 7.70. The SMILES string of the molecule is C[C@H](Cc1ccccc1)C(=O)N1C(=O)C(C)(C)C[C@H]1C. The van der Waals surface area contributed by atoms with Crippen LogP contribution < -0.4 is 0 Å². The van der Waals surface area contributed by atoms with Gasteiger partial charge in [-0.05, 0) is 25.3 Å². The van der Waals surface area contributed by atoms with Crippen LogP contribution in [0.3, 0.4) is 0 Å². The molecule has 0 saturated carbocycles. The Morgan fingerprint density at radius 1 is 1.35 bits per heavy atom. The summed E-state index contributed by atoms with van der Waals surface area (Å²) < 4.78 is 0. The highest BCUT2D eigenvalue weighted by atomic mass is 16.2. The first-order chi connectivity index (χ1) is 9.33. The molecule has 1 heterocycles. The average molecular weight is 273 g/mol. The van der Waals surface area contributed by atoms with E-state index in [0.29, 0.717) is 6.42 Å². The molecule has 0 aromatic heterocycles. The largest absolute Gasteiger partial charge is 0.279 e. The number of likely N-dealkylation sites (tertiary alicyclic amines) is 1. The topological polar surface area (TPSA) is 37.4 Å². The number of nitrogens with zero attached hydrogens (tertiary/aromatic N) is 1. The highest BCUT2D eigenvalue weighted by Crippen LogP contribution is 2.36. The number of hydrogen-bond donors (Lipinski definition) is 0. The second-order valence-corrected chi connectivity index (χ2v) is 6.54. The number of imide groups is 1. The van der Waals surface area contributed by atoms with Crippen LogP contribution in [-0.4, -0.2) is 22.8 Å². The number of carbonyl (C=O) groups is 2. The monoisotopic (exact) mass is 273 g/mol. The minimum absolute atomic E-state index is 0.00298. The molecule has 0 bridgehead atoms. The summed E-state index contributed by atoms with van der Waals surface area (Å²) in [7, 11) is 0. The molecule has 3 heteroatoms. The highest BCUT2D eigenvalue weighted by molar-refractivity contribution is 6.00. The molecular formula is C17H23NO2. The fourth-order valence-electron chi connectivity index (χ4n) is 3.05. The zero-order valence-corrected chi connectivity index (χ0v) is 12.7. The van der Waals surface area contributed by atoms with Crippen LogP contribution in [0.25, 0.3) is 0 Å². The van der Waals surface area contributed by atoms with Crippen molar-refractivity contribution in [1.29, 1.82) is 0 Å². The quantitative estimate of drug-likeness (QED) is 0.849. The molecule has 0 radical (unpaired) electrons. The summed E-state index contributed by atoms with van der Waals surface area (Å²) in [5.74, 6) is -0.246. The maximum absolute atomic E-state index is 12.6. The standard InChI is InChI=1S/C17H23NO2/c1-12(10-14-8-6-5-7-9-14)15(19)18-13(2)11-17(3,4)16(18)20/h5-9,12-13H,10-11H2,1-4H3/t12-,13-/m1/s1. The first-order valence-corrected chi connectivity index (χ1v) is 7.24. The van der Waals surface area contributed by atoms with Crippen molar-refractivity contribution < 1.29 is 9.59 Å². The summed E-state index contributed by atoms with van der Waals surface area (Å²) in [5.41, 5.74) is 0.716. The van der Waals surface area contributed by atoms with Crippen LogP contribution in [-0.2, 0) is 16.0 Å². The zero-order chi connectivity index (χ0) is 14.9. The average Bonchev–Trinajstić information content (AvgIpc) is 2.58. The van der Waals surface area contributed by atoms with Crippen molar-refractivity contribution in [2.24, 2.45) is 11.3 Å². The molecule has 2 rings (SSSR count). The van der Waals surface area contributed by atoms with Crippen LogP contribution >= 0.6 is 0 Å². The lowest BCUT2D eigenvalue weighted by atomic mass is 9.90. The minimum Gasteiger partial charge on any atom is -0.279 e. The van der Waals surface area contributed by atoms with Gasteiger partial charge < -0.3 is 0 Å². The van der Waals surface area contributed by atoms with Gasteiger partial charge in [0, 0.05) is 17.4 Å². The van der Waals surface area contributed by atoms with Gasteiger partial charge in [0.15, 0.2) is 0 Å². The van der Waals surface area contributed by atoms with Crippen LogP contribution in [0.4, 0.5) is 0 Å². The van der Waals surface area contributed by atoms with E-state index in [-0.39, 0.29) is 23.8 Å². The third-order valence-corrected chi connectivity index (χ3v) is 4.09. The predicted octanol–water partition coefficient (Wildman–Crippen LogP) is 3.04. The Balaban J connectivity index is 2.09. The number of hydrogen-bond acceptors (Lipinski definition) is 2. The molecule has 2 amide bonds. The molecule has 20 heavy (non-hydrogen) atoms. The van der Waals surface area contributed by atoms with Crippen molar-refractivity contribution in [2.45, 2.75) is 46.6 Å². The maximum atomic E-state index is 12.6. The van der Waals surface area contributed by atoms with Gasteiger partial charge in [0.25, 0.3) is 0 Å². The van der Waals surface area contributed by atoms with Crippen molar-refractivity contribution in [1.82, 2.24) is 4.90 Å². The molecule has 1 saturated heterocycles. The summed E-state index contributed by atoms with van der Waals surface area (Å²) >= 11 is 0. The van der Waals surface area contributed by atoms with Gasteiger partial charge in [-0.1, -0.05) is 51.1 Å². The minimum atomic E-state index is -0.415. The van der Waals surface area contributed by atoms with E-state index < -0.39 is 5.41 Å². The highest BCUT2D eigenvalue weighted by Gasteiger charge is 2.46. The Labute approximate surface area is 121 Å². The number of amides is 2. The molecule has 0 aliphatic carbocycles. The van der Waals surface area contributed by atoms with Gasteiger partial charge in [-0.25, -0.2) is 0 Å². The van der Waals surface area contributed by atoms with Gasteiger partial charge in [0.05, 0.1) is 0 Å². The van der Waals surface area contributed by atoms with E-state index in [2.05, 4.69) is 0 Å². The van der Waals surface area contributed by atoms with Crippen molar-refractivity contribution in [3.8, 4) is 0 Å². The fourth-order valence-corrected chi connectivity index (χ4v) is 3.05. The van der Waals surface area contributed by atoms with Crippen molar-refractivity contribution >= 4 is 11.8 Å². The van der Waals surface area contributed by atoms with E-state index in [9.17, 15) is 9.59 Å². The van der Waals surface area contributed by atoms with Crippen LogP contribution in [0.2, 0.25) is 0 Å². The number of carbonyl (C=O) groups excluding carboxylic acids is 2. The normalized spacial score (nSPS) is 22.9. The van der Waals surface area contributed by atoms with E-state index in [1.54, 1.807) is 0 Å². The van der Waals surface area contributed by atoms with E-state index in [4.69, 9.17) is 0 Å². The molecule has 1 aromatic rings. The Morgan fingerprint density at radius 3 is 2.45 bits per heavy atom. The molecule has 1 aliphatic rings. The van der Waals surface area contributed by atoms with Crippen molar-refractivity contribution in [2.75, 3.05) is 0 Å². The van der Waals surface area contributed by atoms with E-state index in [1.807, 2.05) is 58.0 Å². The molecule has 2 atom stereocenters. The van der Waals surface area contributed by atoms with E-state index in [0.717, 1.165) is 12.0 Å². The Morgan fingerprint density at radius 2 is 1.95 bits per heavy atom. The summed E-state index contributed by atoms with van der Waals surface area (Å²) in [5, 5.41) is 0. The lowest BCUT2D eigenvalue weighted by Gasteiger charge is -2.24. The molecule has 0 N–H and O–H groups in total. The third kappa shape index (κ3) is 2.77. The Kier molecular flexibility index (Phi) is 3.98. The van der Waals surface area contributed by atoms with Gasteiger partial charge in [-0.2, -0.15) is 0 Å². The third-order valence-electron chi connectivity index (χ3n) is 4.09. The number of benzene rings is 1. The molecule has 1 fully saturated rings. The van der Waals surface area contributed by atoms with Crippen LogP contribution in [0.5, 0.6) is 0 Å². The van der Waals surface area contributed by atoms with Gasteiger partial charge in [-0.3, -0.25) is 14.5 Å². The summed E-state index contributed by atoms with van der Waals surface area (Å²) in [4.78, 5) is 26.4. The van der Waals surface area contributed by atoms with Gasteiger partial charge in [0.1, 0.15) is 0 Å². The first kappa shape index (κ1) is 14.8. The van der Waals surface area contributed by atoms with Crippen LogP contribution in [0.15, 0.2) is 30.3 Å². The fraction of sp³-hybridized carbons (Fsp3) is 0.529. The van der Waals surface area contributed by atoms with E-state index >= 15 is 0 Å². The smallest absolute Gasteiger partial charge is 0.235 e.